The molecule has 0 aliphatic carbocycles. The van der Waals surface area contributed by atoms with E-state index in [1.165, 1.54) is 6.07 Å². The maximum atomic E-state index is 12.0. The molecular formula is C13H17NO5S. The number of Topliss-reactive ketones (excluding diaryl/α,β-unsaturated/α-hetero) is 1. The van der Waals surface area contributed by atoms with Gasteiger partial charge in [-0.1, -0.05) is 17.7 Å². The smallest absolute Gasteiger partial charge is 0.303 e. The van der Waals surface area contributed by atoms with Crippen LogP contribution >= 0.6 is 0 Å². The van der Waals surface area contributed by atoms with Crippen molar-refractivity contribution in [3.63, 3.8) is 0 Å². The van der Waals surface area contributed by atoms with Crippen LogP contribution in [0.15, 0.2) is 23.1 Å². The molecule has 0 unspecified atom stereocenters. The number of carbonyl (C=O) groups is 2. The number of carboxylic acids is 1. The Balaban J connectivity index is 2.71. The average Bonchev–Trinajstić information content (AvgIpc) is 2.33. The Labute approximate surface area is 117 Å². The van der Waals surface area contributed by atoms with E-state index in [-0.39, 0.29) is 17.7 Å². The van der Waals surface area contributed by atoms with Gasteiger partial charge in [0, 0.05) is 6.42 Å². The number of ketones is 1. The molecule has 0 fully saturated rings. The minimum atomic E-state index is -3.76. The third kappa shape index (κ3) is 4.75. The molecule has 0 aromatic heterocycles. The Morgan fingerprint density at radius 2 is 1.85 bits per heavy atom. The van der Waals surface area contributed by atoms with Crippen LogP contribution in [0.3, 0.4) is 0 Å². The average molecular weight is 299 g/mol. The van der Waals surface area contributed by atoms with Crippen LogP contribution in [0.25, 0.3) is 0 Å². The van der Waals surface area contributed by atoms with E-state index in [1.54, 1.807) is 19.1 Å². The molecule has 0 spiro atoms. The van der Waals surface area contributed by atoms with Gasteiger partial charge in [0.25, 0.3) is 0 Å². The van der Waals surface area contributed by atoms with Gasteiger partial charge in [-0.15, -0.1) is 0 Å². The van der Waals surface area contributed by atoms with Crippen molar-refractivity contribution >= 4 is 21.8 Å². The first-order chi connectivity index (χ1) is 9.22. The largest absolute Gasteiger partial charge is 0.481 e. The van der Waals surface area contributed by atoms with Crippen molar-refractivity contribution in [2.75, 3.05) is 6.54 Å². The predicted octanol–water partition coefficient (Wildman–Crippen LogP) is 1.02. The highest BCUT2D eigenvalue weighted by Gasteiger charge is 2.18. The lowest BCUT2D eigenvalue weighted by Crippen LogP contribution is -2.30. The molecule has 2 N–H and O–H groups in total. The lowest BCUT2D eigenvalue weighted by molar-refractivity contribution is -0.138. The van der Waals surface area contributed by atoms with E-state index in [0.29, 0.717) is 5.56 Å². The number of sulfonamides is 1. The van der Waals surface area contributed by atoms with Crippen LogP contribution in [0.4, 0.5) is 0 Å². The molecule has 0 saturated heterocycles. The van der Waals surface area contributed by atoms with E-state index in [4.69, 9.17) is 5.11 Å². The van der Waals surface area contributed by atoms with E-state index in [2.05, 4.69) is 4.72 Å². The number of aliphatic carboxylic acids is 1. The summed E-state index contributed by atoms with van der Waals surface area (Å²) in [4.78, 5) is 21.8. The summed E-state index contributed by atoms with van der Waals surface area (Å²) >= 11 is 0. The molecule has 0 aliphatic heterocycles. The first-order valence-electron chi connectivity index (χ1n) is 6.03. The Hall–Kier alpha value is -1.73. The Kier molecular flexibility index (Phi) is 5.41. The lowest BCUT2D eigenvalue weighted by atomic mass is 10.2. The molecule has 0 aliphatic rings. The molecule has 0 saturated carbocycles. The van der Waals surface area contributed by atoms with Crippen LogP contribution < -0.4 is 4.72 Å². The van der Waals surface area contributed by atoms with Crippen molar-refractivity contribution in [2.24, 2.45) is 0 Å². The fraction of sp³-hybridized carbons (Fsp3) is 0.385. The van der Waals surface area contributed by atoms with Crippen molar-refractivity contribution in [2.45, 2.75) is 31.6 Å². The number of nitrogens with one attached hydrogen (secondary N) is 1. The van der Waals surface area contributed by atoms with Crippen LogP contribution in [0.2, 0.25) is 0 Å². The molecule has 0 heterocycles. The van der Waals surface area contributed by atoms with Crippen LogP contribution in [0.1, 0.15) is 24.0 Å². The fourth-order valence-electron chi connectivity index (χ4n) is 1.69. The highest BCUT2D eigenvalue weighted by Crippen LogP contribution is 2.16. The molecule has 110 valence electrons. The minimum Gasteiger partial charge on any atom is -0.481 e. The van der Waals surface area contributed by atoms with Gasteiger partial charge in [0.1, 0.15) is 5.78 Å². The maximum absolute atomic E-state index is 12.0. The second kappa shape index (κ2) is 6.62. The molecule has 0 radical (unpaired) electrons. The summed E-state index contributed by atoms with van der Waals surface area (Å²) in [6, 6.07) is 4.89. The maximum Gasteiger partial charge on any atom is 0.303 e. The van der Waals surface area contributed by atoms with Crippen LogP contribution in [0, 0.1) is 13.8 Å². The lowest BCUT2D eigenvalue weighted by Gasteiger charge is -2.09. The molecule has 6 nitrogen and oxygen atoms in total. The van der Waals surface area contributed by atoms with Crippen LogP contribution in [-0.2, 0) is 19.6 Å². The summed E-state index contributed by atoms with van der Waals surface area (Å²) in [5.41, 5.74) is 1.54. The van der Waals surface area contributed by atoms with E-state index in [0.717, 1.165) is 5.56 Å². The van der Waals surface area contributed by atoms with Gasteiger partial charge in [0.05, 0.1) is 17.9 Å². The zero-order chi connectivity index (χ0) is 15.3. The van der Waals surface area contributed by atoms with Crippen LogP contribution in [0.5, 0.6) is 0 Å². The highest BCUT2D eigenvalue weighted by atomic mass is 32.2. The summed E-state index contributed by atoms with van der Waals surface area (Å²) < 4.78 is 26.2. The molecule has 0 bridgehead atoms. The number of rotatable bonds is 7. The number of carbonyl (C=O) groups excluding carboxylic acids is 1. The minimum absolute atomic E-state index is 0.120. The number of aryl methyl sites for hydroxylation is 2. The first-order valence-corrected chi connectivity index (χ1v) is 7.51. The molecule has 0 amide bonds. The molecular weight excluding hydrogens is 282 g/mol. The van der Waals surface area contributed by atoms with Gasteiger partial charge in [0.2, 0.25) is 10.0 Å². The second-order valence-corrected chi connectivity index (χ2v) is 6.26. The van der Waals surface area contributed by atoms with Crippen LogP contribution in [-0.4, -0.2) is 31.8 Å². The van der Waals surface area contributed by atoms with Crippen molar-refractivity contribution in [1.29, 1.82) is 0 Å². The molecule has 1 aromatic rings. The van der Waals surface area contributed by atoms with Gasteiger partial charge in [-0.2, -0.15) is 0 Å². The zero-order valence-electron chi connectivity index (χ0n) is 11.3. The Morgan fingerprint density at radius 3 is 2.40 bits per heavy atom. The third-order valence-electron chi connectivity index (χ3n) is 2.70. The molecule has 1 aromatic carbocycles. The highest BCUT2D eigenvalue weighted by molar-refractivity contribution is 7.89. The standard InChI is InChI=1S/C13H17NO5S/c1-9-3-5-12(10(2)7-9)20(18,19)14-8-11(15)4-6-13(16)17/h3,5,7,14H,4,6,8H2,1-2H3,(H,16,17). The summed E-state index contributed by atoms with van der Waals surface area (Å²) in [6.45, 7) is 3.13. The molecule has 7 heteroatoms. The van der Waals surface area contributed by atoms with E-state index in [1.807, 2.05) is 6.92 Å². The second-order valence-electron chi connectivity index (χ2n) is 4.53. The first kappa shape index (κ1) is 16.3. The van der Waals surface area contributed by atoms with Gasteiger partial charge >= 0.3 is 5.97 Å². The summed E-state index contributed by atoms with van der Waals surface area (Å²) in [5, 5.41) is 8.44. The van der Waals surface area contributed by atoms with Gasteiger partial charge < -0.3 is 5.11 Å². The molecule has 20 heavy (non-hydrogen) atoms. The quantitative estimate of drug-likeness (QED) is 0.782. The Morgan fingerprint density at radius 1 is 1.20 bits per heavy atom. The van der Waals surface area contributed by atoms with E-state index >= 15 is 0 Å². The fourth-order valence-corrected chi connectivity index (χ4v) is 2.93. The van der Waals surface area contributed by atoms with Crippen molar-refractivity contribution < 1.29 is 23.1 Å². The normalized spacial score (nSPS) is 11.3. The predicted molar refractivity (Wildman–Crippen MR) is 73.0 cm³/mol. The van der Waals surface area contributed by atoms with Crippen molar-refractivity contribution in [3.8, 4) is 0 Å². The van der Waals surface area contributed by atoms with Crippen molar-refractivity contribution in [1.82, 2.24) is 4.72 Å². The summed E-state index contributed by atoms with van der Waals surface area (Å²) in [5.74, 6) is -1.55. The summed E-state index contributed by atoms with van der Waals surface area (Å²) in [7, 11) is -3.76. The van der Waals surface area contributed by atoms with Crippen molar-refractivity contribution in [3.05, 3.63) is 29.3 Å². The van der Waals surface area contributed by atoms with E-state index < -0.39 is 28.3 Å². The number of hydrogen-bond acceptors (Lipinski definition) is 4. The SMILES string of the molecule is Cc1ccc(S(=O)(=O)NCC(=O)CCC(=O)O)c(C)c1. The number of carboxylic acid groups (broad SMARTS) is 1. The molecule has 1 rings (SSSR count). The zero-order valence-corrected chi connectivity index (χ0v) is 12.2. The monoisotopic (exact) mass is 299 g/mol. The van der Waals surface area contributed by atoms with Gasteiger partial charge in [-0.25, -0.2) is 13.1 Å². The number of benzene rings is 1. The van der Waals surface area contributed by atoms with Gasteiger partial charge in [-0.3, -0.25) is 9.59 Å². The number of hydrogen-bond donors (Lipinski definition) is 2. The summed E-state index contributed by atoms with van der Waals surface area (Å²) in [6.07, 6.45) is -0.491. The Bertz CT molecular complexity index is 622. The third-order valence-corrected chi connectivity index (χ3v) is 4.26. The topological polar surface area (TPSA) is 101 Å². The van der Waals surface area contributed by atoms with Gasteiger partial charge in [0.15, 0.2) is 0 Å². The molecule has 0 atom stereocenters. The van der Waals surface area contributed by atoms with Gasteiger partial charge in [-0.05, 0) is 25.5 Å². The van der Waals surface area contributed by atoms with E-state index in [9.17, 15) is 18.0 Å².